The number of halogens is 1. The zero-order valence-electron chi connectivity index (χ0n) is 9.16. The number of aliphatic hydroxyl groups is 1. The van der Waals surface area contributed by atoms with E-state index in [4.69, 9.17) is 23.1 Å². The van der Waals surface area contributed by atoms with Crippen molar-refractivity contribution in [3.63, 3.8) is 0 Å². The van der Waals surface area contributed by atoms with E-state index in [9.17, 15) is 4.79 Å². The van der Waals surface area contributed by atoms with Crippen LogP contribution in [-0.2, 0) is 0 Å². The Kier molecular flexibility index (Phi) is 5.34. The molecule has 4 nitrogen and oxygen atoms in total. The van der Waals surface area contributed by atoms with Gasteiger partial charge in [0.05, 0.1) is 23.7 Å². The summed E-state index contributed by atoms with van der Waals surface area (Å²) in [5.74, 6) is 2.13. The Bertz CT molecular complexity index is 441. The van der Waals surface area contributed by atoms with Crippen LogP contribution in [0.5, 0.6) is 0 Å². The van der Waals surface area contributed by atoms with Crippen molar-refractivity contribution in [3.05, 3.63) is 28.8 Å². The van der Waals surface area contributed by atoms with Crippen LogP contribution < -0.4 is 10.6 Å². The first-order chi connectivity index (χ1) is 8.19. The van der Waals surface area contributed by atoms with Crippen molar-refractivity contribution in [2.75, 3.05) is 25.0 Å². The minimum atomic E-state index is -0.312. The molecule has 0 saturated heterocycles. The largest absolute Gasteiger partial charge is 0.395 e. The molecule has 0 aromatic heterocycles. The van der Waals surface area contributed by atoms with Gasteiger partial charge in [-0.25, -0.2) is 0 Å². The summed E-state index contributed by atoms with van der Waals surface area (Å²) in [7, 11) is 0. The molecule has 0 aliphatic carbocycles. The fourth-order valence-corrected chi connectivity index (χ4v) is 1.49. The number of carbonyl (C=O) groups is 1. The second-order valence-corrected chi connectivity index (χ2v) is 3.64. The maximum atomic E-state index is 11.6. The summed E-state index contributed by atoms with van der Waals surface area (Å²) in [5, 5.41) is 14.4. The number of amides is 1. The van der Waals surface area contributed by atoms with Crippen LogP contribution in [0, 0.1) is 12.3 Å². The van der Waals surface area contributed by atoms with Crippen LogP contribution in [0.4, 0.5) is 5.69 Å². The van der Waals surface area contributed by atoms with Gasteiger partial charge in [-0.2, -0.15) is 0 Å². The summed E-state index contributed by atoms with van der Waals surface area (Å²) in [5.41, 5.74) is 1.12. The van der Waals surface area contributed by atoms with Crippen molar-refractivity contribution in [3.8, 4) is 12.3 Å². The molecule has 0 bridgehead atoms. The summed E-state index contributed by atoms with van der Waals surface area (Å²) in [6.07, 6.45) is 5.11. The van der Waals surface area contributed by atoms with Gasteiger partial charge in [0.2, 0.25) is 0 Å². The average Bonchev–Trinajstić information content (AvgIpc) is 2.33. The molecule has 0 heterocycles. The van der Waals surface area contributed by atoms with Crippen LogP contribution in [0.25, 0.3) is 0 Å². The average molecular weight is 253 g/mol. The van der Waals surface area contributed by atoms with Gasteiger partial charge in [0, 0.05) is 12.2 Å². The molecule has 1 rings (SSSR count). The summed E-state index contributed by atoms with van der Waals surface area (Å²) >= 11 is 5.97. The minimum Gasteiger partial charge on any atom is -0.395 e. The third-order valence-corrected chi connectivity index (χ3v) is 2.32. The SMILES string of the molecule is C#CCNc1ccc(C(=O)NCCO)c(Cl)c1. The summed E-state index contributed by atoms with van der Waals surface area (Å²) in [4.78, 5) is 11.6. The molecule has 1 amide bonds. The van der Waals surface area contributed by atoms with Crippen LogP contribution >= 0.6 is 11.6 Å². The third-order valence-electron chi connectivity index (χ3n) is 2.01. The first-order valence-corrected chi connectivity index (χ1v) is 5.42. The predicted octanol–water partition coefficient (Wildman–Crippen LogP) is 1.11. The Hall–Kier alpha value is -1.70. The lowest BCUT2D eigenvalue weighted by molar-refractivity contribution is 0.0945. The molecule has 90 valence electrons. The molecule has 0 fully saturated rings. The molecule has 1 aromatic rings. The molecule has 0 atom stereocenters. The van der Waals surface area contributed by atoms with E-state index in [-0.39, 0.29) is 19.1 Å². The number of terminal acetylenes is 1. The van der Waals surface area contributed by atoms with Gasteiger partial charge in [-0.15, -0.1) is 6.42 Å². The lowest BCUT2D eigenvalue weighted by atomic mass is 10.2. The van der Waals surface area contributed by atoms with E-state index in [0.717, 1.165) is 5.69 Å². The van der Waals surface area contributed by atoms with Gasteiger partial charge in [0.25, 0.3) is 5.91 Å². The topological polar surface area (TPSA) is 61.4 Å². The lowest BCUT2D eigenvalue weighted by Crippen LogP contribution is -2.26. The second kappa shape index (κ2) is 6.79. The van der Waals surface area contributed by atoms with Crippen molar-refractivity contribution in [2.45, 2.75) is 0 Å². The Morgan fingerprint density at radius 3 is 2.88 bits per heavy atom. The third kappa shape index (κ3) is 3.99. The molecular weight excluding hydrogens is 240 g/mol. The Labute approximate surface area is 105 Å². The van der Waals surface area contributed by atoms with Gasteiger partial charge in [0.15, 0.2) is 0 Å². The first-order valence-electron chi connectivity index (χ1n) is 5.05. The fourth-order valence-electron chi connectivity index (χ4n) is 1.23. The molecule has 5 heteroatoms. The second-order valence-electron chi connectivity index (χ2n) is 3.23. The lowest BCUT2D eigenvalue weighted by Gasteiger charge is -2.08. The number of aliphatic hydroxyl groups excluding tert-OH is 1. The molecule has 0 aliphatic rings. The van der Waals surface area contributed by atoms with E-state index in [0.29, 0.717) is 17.1 Å². The maximum absolute atomic E-state index is 11.6. The van der Waals surface area contributed by atoms with Crippen LogP contribution in [-0.4, -0.2) is 30.7 Å². The van der Waals surface area contributed by atoms with Crippen molar-refractivity contribution in [1.82, 2.24) is 5.32 Å². The number of nitrogens with one attached hydrogen (secondary N) is 2. The molecule has 3 N–H and O–H groups in total. The molecule has 17 heavy (non-hydrogen) atoms. The summed E-state index contributed by atoms with van der Waals surface area (Å²) in [6.45, 7) is 0.490. The molecule has 0 radical (unpaired) electrons. The van der Waals surface area contributed by atoms with Crippen LogP contribution in [0.15, 0.2) is 18.2 Å². The highest BCUT2D eigenvalue weighted by Crippen LogP contribution is 2.20. The number of carbonyl (C=O) groups excluding carboxylic acids is 1. The molecule has 0 spiro atoms. The molecular formula is C12H13ClN2O2. The minimum absolute atomic E-state index is 0.106. The zero-order valence-corrected chi connectivity index (χ0v) is 9.92. The number of anilines is 1. The van der Waals surface area contributed by atoms with Crippen molar-refractivity contribution in [2.24, 2.45) is 0 Å². The van der Waals surface area contributed by atoms with Gasteiger partial charge in [-0.05, 0) is 18.2 Å². The zero-order chi connectivity index (χ0) is 12.7. The van der Waals surface area contributed by atoms with E-state index in [1.807, 2.05) is 0 Å². The smallest absolute Gasteiger partial charge is 0.252 e. The normalized spacial score (nSPS) is 9.47. The first kappa shape index (κ1) is 13.4. The number of rotatable bonds is 5. The highest BCUT2D eigenvalue weighted by atomic mass is 35.5. The number of hydrogen-bond donors (Lipinski definition) is 3. The van der Waals surface area contributed by atoms with Gasteiger partial charge in [-0.3, -0.25) is 4.79 Å². The number of benzene rings is 1. The molecule has 0 unspecified atom stereocenters. The molecule has 0 saturated carbocycles. The predicted molar refractivity (Wildman–Crippen MR) is 68.2 cm³/mol. The van der Waals surface area contributed by atoms with Crippen molar-refractivity contribution >= 4 is 23.2 Å². The van der Waals surface area contributed by atoms with Crippen LogP contribution in [0.3, 0.4) is 0 Å². The molecule has 1 aromatic carbocycles. The Morgan fingerprint density at radius 2 is 2.29 bits per heavy atom. The van der Waals surface area contributed by atoms with Gasteiger partial charge in [0.1, 0.15) is 0 Å². The summed E-state index contributed by atoms with van der Waals surface area (Å²) < 4.78 is 0. The quantitative estimate of drug-likeness (QED) is 0.688. The highest BCUT2D eigenvalue weighted by molar-refractivity contribution is 6.34. The van der Waals surface area contributed by atoms with Gasteiger partial charge >= 0.3 is 0 Å². The molecule has 0 aliphatic heterocycles. The van der Waals surface area contributed by atoms with Crippen LogP contribution in [0.2, 0.25) is 5.02 Å². The summed E-state index contributed by atoms with van der Waals surface area (Å²) in [6, 6.07) is 4.96. The van der Waals surface area contributed by atoms with E-state index >= 15 is 0 Å². The van der Waals surface area contributed by atoms with E-state index < -0.39 is 0 Å². The van der Waals surface area contributed by atoms with Crippen molar-refractivity contribution < 1.29 is 9.90 Å². The fraction of sp³-hybridized carbons (Fsp3) is 0.250. The van der Waals surface area contributed by atoms with E-state index in [1.165, 1.54) is 0 Å². The van der Waals surface area contributed by atoms with Crippen molar-refractivity contribution in [1.29, 1.82) is 0 Å². The van der Waals surface area contributed by atoms with E-state index in [1.54, 1.807) is 18.2 Å². The highest BCUT2D eigenvalue weighted by Gasteiger charge is 2.09. The van der Waals surface area contributed by atoms with Crippen LogP contribution in [0.1, 0.15) is 10.4 Å². The monoisotopic (exact) mass is 252 g/mol. The standard InChI is InChI=1S/C12H13ClN2O2/c1-2-5-14-9-3-4-10(11(13)8-9)12(17)15-6-7-16/h1,3-4,8,14,16H,5-7H2,(H,15,17). The Balaban J connectivity index is 2.75. The number of hydrogen-bond acceptors (Lipinski definition) is 3. The van der Waals surface area contributed by atoms with E-state index in [2.05, 4.69) is 16.6 Å². The van der Waals surface area contributed by atoms with Gasteiger partial charge in [-0.1, -0.05) is 17.5 Å². The maximum Gasteiger partial charge on any atom is 0.252 e. The Morgan fingerprint density at radius 1 is 1.53 bits per heavy atom. The van der Waals surface area contributed by atoms with Gasteiger partial charge < -0.3 is 15.7 Å².